The Morgan fingerprint density at radius 2 is 1.59 bits per heavy atom. The van der Waals surface area contributed by atoms with Crippen LogP contribution in [-0.2, 0) is 27.5 Å². The van der Waals surface area contributed by atoms with Gasteiger partial charge in [0.25, 0.3) is 5.91 Å². The van der Waals surface area contributed by atoms with Gasteiger partial charge in [-0.2, -0.15) is 0 Å². The van der Waals surface area contributed by atoms with Crippen LogP contribution in [0.2, 0.25) is 5.02 Å². The van der Waals surface area contributed by atoms with Gasteiger partial charge in [0.1, 0.15) is 11.8 Å². The summed E-state index contributed by atoms with van der Waals surface area (Å²) >= 11 is 6.10. The predicted molar refractivity (Wildman–Crippen MR) is 142 cm³/mol. The largest absolute Gasteiger partial charge is 0.495 e. The van der Waals surface area contributed by atoms with Crippen LogP contribution >= 0.6 is 11.6 Å². The Morgan fingerprint density at radius 3 is 2.22 bits per heavy atom. The molecule has 0 bridgehead atoms. The lowest BCUT2D eigenvalue weighted by Gasteiger charge is -2.23. The van der Waals surface area contributed by atoms with Crippen LogP contribution in [-0.4, -0.2) is 42.8 Å². The molecule has 0 saturated heterocycles. The van der Waals surface area contributed by atoms with E-state index < -0.39 is 35.7 Å². The number of para-hydroxylation sites is 1. The second-order valence-electron chi connectivity index (χ2n) is 8.94. The van der Waals surface area contributed by atoms with Crippen molar-refractivity contribution in [2.75, 3.05) is 7.11 Å². The number of urea groups is 1. The van der Waals surface area contributed by atoms with Crippen LogP contribution in [0.5, 0.6) is 5.75 Å². The third-order valence-corrected chi connectivity index (χ3v) is 5.88. The van der Waals surface area contributed by atoms with Crippen molar-refractivity contribution in [1.29, 1.82) is 0 Å². The number of hydrogen-bond donors (Lipinski definition) is 4. The summed E-state index contributed by atoms with van der Waals surface area (Å²) in [7, 11) is 1.46. The molecule has 1 unspecified atom stereocenters. The van der Waals surface area contributed by atoms with Gasteiger partial charge in [-0.25, -0.2) is 4.79 Å². The van der Waals surface area contributed by atoms with Crippen LogP contribution in [0, 0.1) is 5.92 Å². The van der Waals surface area contributed by atoms with Crippen molar-refractivity contribution in [3.05, 3.63) is 64.7 Å². The molecular formula is C27H35ClN4O5. The van der Waals surface area contributed by atoms with E-state index in [0.29, 0.717) is 29.3 Å². The summed E-state index contributed by atoms with van der Waals surface area (Å²) in [6, 6.07) is 12.0. The second kappa shape index (κ2) is 14.8. The molecule has 9 nitrogen and oxygen atoms in total. The molecule has 0 aromatic heterocycles. The summed E-state index contributed by atoms with van der Waals surface area (Å²) in [5, 5.41) is 11.0. The van der Waals surface area contributed by atoms with E-state index in [9.17, 15) is 19.2 Å². The van der Waals surface area contributed by atoms with Crippen molar-refractivity contribution in [2.45, 2.75) is 58.8 Å². The number of methoxy groups -OCH3 is 1. The molecule has 2 aromatic carbocycles. The minimum Gasteiger partial charge on any atom is -0.495 e. The molecule has 0 aliphatic rings. The van der Waals surface area contributed by atoms with E-state index in [1.165, 1.54) is 7.11 Å². The smallest absolute Gasteiger partial charge is 0.315 e. The molecule has 0 spiro atoms. The zero-order chi connectivity index (χ0) is 27.4. The minimum atomic E-state index is -1.04. The van der Waals surface area contributed by atoms with Gasteiger partial charge in [-0.15, -0.1) is 0 Å². The highest BCUT2D eigenvalue weighted by atomic mass is 35.5. The van der Waals surface area contributed by atoms with E-state index in [4.69, 9.17) is 16.3 Å². The van der Waals surface area contributed by atoms with E-state index in [-0.39, 0.29) is 18.9 Å². The average molecular weight is 531 g/mol. The SMILES string of the molecule is CCC(NC(=O)[C@H](CC(C)C)NC(=O)NCc1ccccc1)C(=O)C(=O)NCc1cccc(Cl)c1OC. The van der Waals surface area contributed by atoms with Gasteiger partial charge in [-0.05, 0) is 30.4 Å². The predicted octanol–water partition coefficient (Wildman–Crippen LogP) is 3.34. The molecule has 2 aromatic rings. The first-order valence-corrected chi connectivity index (χ1v) is 12.6. The molecule has 0 heterocycles. The zero-order valence-corrected chi connectivity index (χ0v) is 22.4. The number of amides is 4. The first kappa shape index (κ1) is 29.6. The number of Topliss-reactive ketones (excluding diaryl/α,β-unsaturated/α-hetero) is 1. The van der Waals surface area contributed by atoms with Gasteiger partial charge >= 0.3 is 6.03 Å². The van der Waals surface area contributed by atoms with Crippen molar-refractivity contribution in [1.82, 2.24) is 21.3 Å². The lowest BCUT2D eigenvalue weighted by Crippen LogP contribution is -2.55. The fourth-order valence-electron chi connectivity index (χ4n) is 3.66. The number of benzene rings is 2. The standard InChI is InChI=1S/C27H35ClN4O5/c1-5-21(23(33)26(35)29-16-19-12-9-13-20(28)24(19)37-4)31-25(34)22(14-17(2)3)32-27(36)30-15-18-10-7-6-8-11-18/h6-13,17,21-22H,5,14-16H2,1-4H3,(H,29,35)(H,31,34)(H2,30,32,36)/t21?,22-/m0/s1. The summed E-state index contributed by atoms with van der Waals surface area (Å²) in [6.45, 7) is 5.86. The maximum atomic E-state index is 13.0. The first-order chi connectivity index (χ1) is 17.7. The monoisotopic (exact) mass is 530 g/mol. The van der Waals surface area contributed by atoms with E-state index in [0.717, 1.165) is 5.56 Å². The highest BCUT2D eigenvalue weighted by Crippen LogP contribution is 2.28. The molecule has 10 heteroatoms. The lowest BCUT2D eigenvalue weighted by atomic mass is 10.0. The Bertz CT molecular complexity index is 1080. The Balaban J connectivity index is 1.98. The quantitative estimate of drug-likeness (QED) is 0.295. The molecule has 0 aliphatic heterocycles. The number of ketones is 1. The number of halogens is 1. The zero-order valence-electron chi connectivity index (χ0n) is 21.6. The van der Waals surface area contributed by atoms with E-state index in [1.54, 1.807) is 25.1 Å². The highest BCUT2D eigenvalue weighted by Gasteiger charge is 2.29. The molecule has 0 fully saturated rings. The molecule has 2 rings (SSSR count). The number of ether oxygens (including phenoxy) is 1. The molecule has 2 atom stereocenters. The summed E-state index contributed by atoms with van der Waals surface area (Å²) < 4.78 is 5.26. The van der Waals surface area contributed by atoms with E-state index >= 15 is 0 Å². The van der Waals surface area contributed by atoms with Crippen molar-refractivity contribution in [3.63, 3.8) is 0 Å². The van der Waals surface area contributed by atoms with Gasteiger partial charge < -0.3 is 26.0 Å². The van der Waals surface area contributed by atoms with Gasteiger partial charge in [-0.1, -0.05) is 74.8 Å². The molecule has 0 aliphatic carbocycles. The van der Waals surface area contributed by atoms with Gasteiger partial charge in [0, 0.05) is 18.7 Å². The number of carbonyl (C=O) groups excluding carboxylic acids is 4. The number of carbonyl (C=O) groups is 4. The van der Waals surface area contributed by atoms with Gasteiger partial charge in [0.2, 0.25) is 11.7 Å². The third kappa shape index (κ3) is 9.42. The van der Waals surface area contributed by atoms with Crippen LogP contribution in [0.3, 0.4) is 0 Å². The molecule has 4 N–H and O–H groups in total. The Kier molecular flexibility index (Phi) is 11.9. The molecule has 4 amide bonds. The summed E-state index contributed by atoms with van der Waals surface area (Å²) in [4.78, 5) is 50.8. The van der Waals surface area contributed by atoms with Gasteiger partial charge in [0.05, 0.1) is 18.2 Å². The van der Waals surface area contributed by atoms with Crippen molar-refractivity contribution >= 4 is 35.2 Å². The maximum absolute atomic E-state index is 13.0. The Hall–Kier alpha value is -3.59. The Morgan fingerprint density at radius 1 is 0.892 bits per heavy atom. The van der Waals surface area contributed by atoms with Crippen molar-refractivity contribution in [2.24, 2.45) is 5.92 Å². The van der Waals surface area contributed by atoms with E-state index in [2.05, 4.69) is 21.3 Å². The number of hydrogen-bond acceptors (Lipinski definition) is 5. The topological polar surface area (TPSA) is 126 Å². The first-order valence-electron chi connectivity index (χ1n) is 12.2. The molecule has 200 valence electrons. The Labute approximate surface area is 222 Å². The fourth-order valence-corrected chi connectivity index (χ4v) is 3.93. The lowest BCUT2D eigenvalue weighted by molar-refractivity contribution is -0.140. The van der Waals surface area contributed by atoms with Crippen molar-refractivity contribution < 1.29 is 23.9 Å². The minimum absolute atomic E-state index is 0.0256. The van der Waals surface area contributed by atoms with E-state index in [1.807, 2.05) is 44.2 Å². The van der Waals surface area contributed by atoms with Gasteiger partial charge in [0.15, 0.2) is 0 Å². The van der Waals surface area contributed by atoms with Gasteiger partial charge in [-0.3, -0.25) is 14.4 Å². The van der Waals surface area contributed by atoms with Crippen molar-refractivity contribution in [3.8, 4) is 5.75 Å². The normalized spacial score (nSPS) is 12.3. The summed E-state index contributed by atoms with van der Waals surface area (Å²) in [6.07, 6.45) is 0.559. The second-order valence-corrected chi connectivity index (χ2v) is 9.35. The summed E-state index contributed by atoms with van der Waals surface area (Å²) in [5.41, 5.74) is 1.52. The molecule has 37 heavy (non-hydrogen) atoms. The fraction of sp³-hybridized carbons (Fsp3) is 0.407. The average Bonchev–Trinajstić information content (AvgIpc) is 2.88. The molecule has 0 radical (unpaired) electrons. The molecule has 0 saturated carbocycles. The molecular weight excluding hydrogens is 496 g/mol. The van der Waals surface area contributed by atoms with Crippen LogP contribution in [0.15, 0.2) is 48.5 Å². The third-order valence-electron chi connectivity index (χ3n) is 5.58. The maximum Gasteiger partial charge on any atom is 0.315 e. The number of rotatable bonds is 13. The van der Waals surface area contributed by atoms with Crippen LogP contribution in [0.4, 0.5) is 4.79 Å². The summed E-state index contributed by atoms with van der Waals surface area (Å²) in [5.74, 6) is -1.66. The highest BCUT2D eigenvalue weighted by molar-refractivity contribution is 6.38. The van der Waals surface area contributed by atoms with Crippen LogP contribution < -0.4 is 26.0 Å². The number of nitrogens with one attached hydrogen (secondary N) is 4. The van der Waals surface area contributed by atoms with Crippen LogP contribution in [0.25, 0.3) is 0 Å². The van der Waals surface area contributed by atoms with Crippen LogP contribution in [0.1, 0.15) is 44.7 Å².